The zero-order chi connectivity index (χ0) is 31.0. The third kappa shape index (κ3) is 4.98. The molecule has 0 radical (unpaired) electrons. The molecule has 3 N–H and O–H groups in total. The van der Waals surface area contributed by atoms with Gasteiger partial charge in [0, 0.05) is 43.1 Å². The Kier molecular flexibility index (Phi) is 7.05. The Balaban J connectivity index is 1.40. The molecule has 4 aromatic rings. The predicted octanol–water partition coefficient (Wildman–Crippen LogP) is 5.87. The number of thiazole rings is 1. The molecule has 0 spiro atoms. The Morgan fingerprint density at radius 1 is 1.18 bits per heavy atom. The van der Waals surface area contributed by atoms with Crippen LogP contribution in [0.5, 0.6) is 11.9 Å². The molecule has 3 aliphatic heterocycles. The summed E-state index contributed by atoms with van der Waals surface area (Å²) in [6, 6.07) is 2.52. The second kappa shape index (κ2) is 10.6. The minimum Gasteiger partial charge on any atom is -0.472 e. The topological polar surface area (TPSA) is 98.4 Å². The van der Waals surface area contributed by atoms with Crippen LogP contribution >= 0.6 is 11.3 Å². The van der Waals surface area contributed by atoms with Gasteiger partial charge in [-0.2, -0.15) is 23.1 Å². The van der Waals surface area contributed by atoms with Crippen LogP contribution in [-0.4, -0.2) is 69.9 Å². The van der Waals surface area contributed by atoms with E-state index in [0.717, 1.165) is 42.5 Å². The minimum absolute atomic E-state index is 0.0200. The molecule has 3 aliphatic rings. The molecule has 0 unspecified atom stereocenters. The lowest BCUT2D eigenvalue weighted by molar-refractivity contribution is -0.137. The number of alkyl halides is 4. The van der Waals surface area contributed by atoms with Crippen molar-refractivity contribution in [3.8, 4) is 23.0 Å². The van der Waals surface area contributed by atoms with Crippen molar-refractivity contribution in [1.29, 1.82) is 0 Å². The molecule has 0 bridgehead atoms. The van der Waals surface area contributed by atoms with Crippen molar-refractivity contribution < 1.29 is 35.8 Å². The summed E-state index contributed by atoms with van der Waals surface area (Å²) >= 11 is 0.745. The van der Waals surface area contributed by atoms with Gasteiger partial charge in [0.25, 0.3) is 0 Å². The van der Waals surface area contributed by atoms with E-state index >= 15 is 4.39 Å². The number of nitrogen functional groups attached to an aromatic ring is 1. The lowest BCUT2D eigenvalue weighted by Crippen LogP contribution is -2.43. The Bertz CT molecular complexity index is 1770. The molecule has 4 atom stereocenters. The SMILES string of the molecule is C[C@@H]1C[C@@H](Oc2nc(OC[C@@]34CCCN3C[C@H](F)C4)nc3c(F)c(-c4ccc(F)c5sc(N)nc45)c(C(F)(F)F)cc23)CN1. The molecule has 44 heavy (non-hydrogen) atoms. The van der Waals surface area contributed by atoms with Crippen LogP contribution in [0, 0.1) is 11.6 Å². The van der Waals surface area contributed by atoms with E-state index in [1.807, 2.05) is 11.8 Å². The van der Waals surface area contributed by atoms with Crippen LogP contribution in [0.15, 0.2) is 18.2 Å². The van der Waals surface area contributed by atoms with E-state index in [9.17, 15) is 22.0 Å². The Hall–Kier alpha value is -3.43. The van der Waals surface area contributed by atoms with E-state index in [0.29, 0.717) is 19.4 Å². The Morgan fingerprint density at radius 2 is 2.00 bits per heavy atom. The zero-order valence-corrected chi connectivity index (χ0v) is 24.3. The fourth-order valence-electron chi connectivity index (χ4n) is 6.80. The minimum atomic E-state index is -5.03. The summed E-state index contributed by atoms with van der Waals surface area (Å²) in [5.41, 5.74) is 2.03. The molecule has 3 fully saturated rings. The Morgan fingerprint density at radius 3 is 2.75 bits per heavy atom. The van der Waals surface area contributed by atoms with Crippen LogP contribution in [0.3, 0.4) is 0 Å². The maximum Gasteiger partial charge on any atom is 0.417 e. The highest BCUT2D eigenvalue weighted by molar-refractivity contribution is 7.22. The molecule has 15 heteroatoms. The number of aromatic nitrogens is 3. The summed E-state index contributed by atoms with van der Waals surface area (Å²) in [6.45, 7) is 3.37. The second-order valence-corrected chi connectivity index (χ2v) is 12.8. The average molecular weight is 639 g/mol. The molecule has 0 aliphatic carbocycles. The maximum absolute atomic E-state index is 16.6. The van der Waals surface area contributed by atoms with Crippen LogP contribution in [0.4, 0.5) is 31.5 Å². The number of benzene rings is 2. The maximum atomic E-state index is 16.6. The summed E-state index contributed by atoms with van der Waals surface area (Å²) < 4.78 is 101. The van der Waals surface area contributed by atoms with Crippen LogP contribution in [0.2, 0.25) is 0 Å². The van der Waals surface area contributed by atoms with Crippen LogP contribution < -0.4 is 20.5 Å². The van der Waals surface area contributed by atoms with Crippen molar-refractivity contribution in [2.75, 3.05) is 32.0 Å². The first kappa shape index (κ1) is 29.3. The van der Waals surface area contributed by atoms with Gasteiger partial charge in [-0.1, -0.05) is 11.3 Å². The molecular formula is C29H28F6N6O2S. The monoisotopic (exact) mass is 638 g/mol. The number of halogens is 6. The number of nitrogens with zero attached hydrogens (tertiary/aromatic N) is 4. The quantitative estimate of drug-likeness (QED) is 0.253. The fourth-order valence-corrected chi connectivity index (χ4v) is 7.57. The van der Waals surface area contributed by atoms with Gasteiger partial charge in [-0.15, -0.1) is 0 Å². The van der Waals surface area contributed by atoms with E-state index in [2.05, 4.69) is 20.3 Å². The fraction of sp³-hybridized carbons (Fsp3) is 0.483. The molecule has 234 valence electrons. The van der Waals surface area contributed by atoms with E-state index in [-0.39, 0.29) is 63.8 Å². The van der Waals surface area contributed by atoms with Crippen molar-refractivity contribution in [3.63, 3.8) is 0 Å². The van der Waals surface area contributed by atoms with Crippen LogP contribution in [0.1, 0.15) is 38.2 Å². The molecule has 0 amide bonds. The molecule has 8 nitrogen and oxygen atoms in total. The smallest absolute Gasteiger partial charge is 0.417 e. The van der Waals surface area contributed by atoms with E-state index in [1.54, 1.807) is 0 Å². The highest BCUT2D eigenvalue weighted by Crippen LogP contribution is 2.46. The summed E-state index contributed by atoms with van der Waals surface area (Å²) in [6.07, 6.45) is -4.13. The number of anilines is 1. The number of rotatable bonds is 6. The largest absolute Gasteiger partial charge is 0.472 e. The van der Waals surface area contributed by atoms with Crippen molar-refractivity contribution in [2.24, 2.45) is 0 Å². The molecule has 7 rings (SSSR count). The van der Waals surface area contributed by atoms with Gasteiger partial charge < -0.3 is 20.5 Å². The standard InChI is InChI=1S/C29H28F6N6O2S/c1-13-7-15(10-37-13)43-25-17-8-18(29(33,34)35)20(16-3-4-19(31)24-23(16)38-26(36)44-24)21(32)22(17)39-27(40-25)42-12-28-5-2-6-41(28)11-14(30)9-28/h3-4,8,13-15,37H,2,5-7,9-12H2,1H3,(H2,36,38)/t13-,14-,15-,28+/m1/s1. The van der Waals surface area contributed by atoms with Crippen molar-refractivity contribution >= 4 is 37.6 Å². The summed E-state index contributed by atoms with van der Waals surface area (Å²) in [5.74, 6) is -2.34. The predicted molar refractivity (Wildman–Crippen MR) is 153 cm³/mol. The summed E-state index contributed by atoms with van der Waals surface area (Å²) in [5, 5.41) is 2.82. The van der Waals surface area contributed by atoms with E-state index < -0.39 is 52.3 Å². The first-order valence-corrected chi connectivity index (χ1v) is 15.1. The van der Waals surface area contributed by atoms with Gasteiger partial charge in [0.2, 0.25) is 5.88 Å². The second-order valence-electron chi connectivity index (χ2n) is 11.8. The van der Waals surface area contributed by atoms with Gasteiger partial charge in [-0.05, 0) is 44.5 Å². The molecule has 0 saturated carbocycles. The molecule has 2 aromatic heterocycles. The Labute approximate surface area is 251 Å². The summed E-state index contributed by atoms with van der Waals surface area (Å²) in [4.78, 5) is 14.6. The number of hydrogen-bond acceptors (Lipinski definition) is 9. The van der Waals surface area contributed by atoms with Crippen molar-refractivity contribution in [2.45, 2.75) is 62.6 Å². The molecule has 3 saturated heterocycles. The van der Waals surface area contributed by atoms with Crippen LogP contribution in [0.25, 0.3) is 32.2 Å². The molecule has 2 aromatic carbocycles. The van der Waals surface area contributed by atoms with Gasteiger partial charge in [-0.3, -0.25) is 4.90 Å². The number of ether oxygens (including phenoxy) is 2. The highest BCUT2D eigenvalue weighted by atomic mass is 32.1. The zero-order valence-electron chi connectivity index (χ0n) is 23.5. The van der Waals surface area contributed by atoms with Crippen LogP contribution in [-0.2, 0) is 6.18 Å². The highest BCUT2D eigenvalue weighted by Gasteiger charge is 2.49. The summed E-state index contributed by atoms with van der Waals surface area (Å²) in [7, 11) is 0. The average Bonchev–Trinajstić information content (AvgIpc) is 3.71. The molecular weight excluding hydrogens is 610 g/mol. The third-order valence-electron chi connectivity index (χ3n) is 8.78. The number of nitrogens with two attached hydrogens (primary N) is 1. The van der Waals surface area contributed by atoms with E-state index in [1.165, 1.54) is 0 Å². The lowest BCUT2D eigenvalue weighted by atomic mass is 9.95. The van der Waals surface area contributed by atoms with Gasteiger partial charge >= 0.3 is 12.2 Å². The molecule has 5 heterocycles. The van der Waals surface area contributed by atoms with Gasteiger partial charge in [-0.25, -0.2) is 18.2 Å². The van der Waals surface area contributed by atoms with Gasteiger partial charge in [0.1, 0.15) is 30.2 Å². The van der Waals surface area contributed by atoms with Crippen molar-refractivity contribution in [1.82, 2.24) is 25.2 Å². The van der Waals surface area contributed by atoms with Gasteiger partial charge in [0.15, 0.2) is 10.9 Å². The third-order valence-corrected chi connectivity index (χ3v) is 9.67. The van der Waals surface area contributed by atoms with E-state index in [4.69, 9.17) is 15.2 Å². The first-order chi connectivity index (χ1) is 20.9. The van der Waals surface area contributed by atoms with Crippen molar-refractivity contribution in [3.05, 3.63) is 35.4 Å². The normalized spacial score (nSPS) is 25.8. The number of hydrogen-bond donors (Lipinski definition) is 2. The number of fused-ring (bicyclic) bond motifs is 3. The first-order valence-electron chi connectivity index (χ1n) is 14.3. The lowest BCUT2D eigenvalue weighted by Gasteiger charge is -2.30. The number of nitrogens with one attached hydrogen (secondary N) is 1. The van der Waals surface area contributed by atoms with Gasteiger partial charge in [0.05, 0.1) is 26.7 Å².